The maximum absolute atomic E-state index is 13.8. The fourth-order valence-corrected chi connectivity index (χ4v) is 3.48. The van der Waals surface area contributed by atoms with E-state index in [4.69, 9.17) is 33.7 Å². The minimum absolute atomic E-state index is 0.0993. The molecule has 28 heavy (non-hydrogen) atoms. The van der Waals surface area contributed by atoms with Crippen LogP contribution in [0, 0.1) is 5.82 Å². The van der Waals surface area contributed by atoms with Crippen LogP contribution in [0.4, 0.5) is 10.1 Å². The van der Waals surface area contributed by atoms with Gasteiger partial charge in [-0.2, -0.15) is 0 Å². The summed E-state index contributed by atoms with van der Waals surface area (Å²) in [5, 5.41) is 2.84. The number of nitrogens with one attached hydrogen (secondary N) is 1. The van der Waals surface area contributed by atoms with E-state index < -0.39 is 30.2 Å². The van der Waals surface area contributed by atoms with E-state index in [-0.39, 0.29) is 16.0 Å². The van der Waals surface area contributed by atoms with Crippen molar-refractivity contribution in [3.8, 4) is 5.88 Å². The zero-order valence-electron chi connectivity index (χ0n) is 15.0. The number of rotatable bonds is 7. The zero-order chi connectivity index (χ0) is 20.4. The maximum atomic E-state index is 13.8. The lowest BCUT2D eigenvalue weighted by atomic mass is 10.1. The number of carbonyl (C=O) groups is 2. The molecule has 6 nitrogen and oxygen atoms in total. The number of amides is 2. The Balaban J connectivity index is 1.82. The highest BCUT2D eigenvalue weighted by molar-refractivity contribution is 6.36. The number of halogens is 3. The van der Waals surface area contributed by atoms with Crippen molar-refractivity contribution in [3.05, 3.63) is 51.4 Å². The summed E-state index contributed by atoms with van der Waals surface area (Å²) >= 11 is 12.2. The minimum Gasteiger partial charge on any atom is -0.470 e. The predicted octanol–water partition coefficient (Wildman–Crippen LogP) is 4.36. The number of ether oxygens (including phenoxy) is 1. The maximum Gasteiger partial charge on any atom is 0.233 e. The second-order valence-corrected chi connectivity index (χ2v) is 7.35. The number of pyridine rings is 1. The number of anilines is 1. The molecule has 2 aromatic rings. The van der Waals surface area contributed by atoms with Gasteiger partial charge in [-0.25, -0.2) is 9.37 Å². The van der Waals surface area contributed by atoms with E-state index >= 15 is 0 Å². The molecule has 3 rings (SSSR count). The molecular weight excluding hydrogens is 408 g/mol. The van der Waals surface area contributed by atoms with Gasteiger partial charge in [0.05, 0.1) is 16.4 Å². The summed E-state index contributed by atoms with van der Waals surface area (Å²) in [5.41, 5.74) is 6.55. The molecule has 2 amide bonds. The van der Waals surface area contributed by atoms with Crippen LogP contribution < -0.4 is 15.8 Å². The molecular formula is C19H18Cl2FN3O3. The van der Waals surface area contributed by atoms with Crippen LogP contribution in [0.3, 0.4) is 0 Å². The van der Waals surface area contributed by atoms with E-state index in [0.29, 0.717) is 22.8 Å². The van der Waals surface area contributed by atoms with Crippen molar-refractivity contribution < 1.29 is 18.7 Å². The number of carbonyl (C=O) groups excluding carboxylic acids is 2. The summed E-state index contributed by atoms with van der Waals surface area (Å²) in [4.78, 5) is 27.2. The zero-order valence-corrected chi connectivity index (χ0v) is 16.5. The van der Waals surface area contributed by atoms with Crippen molar-refractivity contribution in [2.24, 2.45) is 5.73 Å². The molecule has 0 aliphatic heterocycles. The number of benzene rings is 1. The fraction of sp³-hybridized carbons (Fsp3) is 0.316. The van der Waals surface area contributed by atoms with E-state index in [9.17, 15) is 14.0 Å². The number of aromatic nitrogens is 1. The van der Waals surface area contributed by atoms with Crippen molar-refractivity contribution in [2.75, 3.05) is 5.32 Å². The van der Waals surface area contributed by atoms with Gasteiger partial charge < -0.3 is 15.8 Å². The van der Waals surface area contributed by atoms with Crippen molar-refractivity contribution >= 4 is 40.7 Å². The van der Waals surface area contributed by atoms with Crippen LogP contribution in [-0.4, -0.2) is 16.8 Å². The number of hydrogen-bond donors (Lipinski definition) is 2. The standard InChI is InChI=1S/C19H18Cl2FN3O3/c1-9(17-11(20)4-5-12(22)18(17)21)28-16-7-6-13(19(25-16)10-2-3-10)24-15(27)8-14(23)26/h4-7,9-10H,2-3,8H2,1H3,(H2,23,26)(H,24,27)/t9-/m0/s1. The topological polar surface area (TPSA) is 94.3 Å². The molecule has 1 heterocycles. The van der Waals surface area contributed by atoms with Crippen molar-refractivity contribution in [1.82, 2.24) is 4.98 Å². The lowest BCUT2D eigenvalue weighted by Crippen LogP contribution is -2.22. The van der Waals surface area contributed by atoms with Crippen molar-refractivity contribution in [1.29, 1.82) is 0 Å². The highest BCUT2D eigenvalue weighted by atomic mass is 35.5. The van der Waals surface area contributed by atoms with Crippen molar-refractivity contribution in [2.45, 2.75) is 38.2 Å². The summed E-state index contributed by atoms with van der Waals surface area (Å²) in [6.45, 7) is 1.69. The smallest absolute Gasteiger partial charge is 0.233 e. The van der Waals surface area contributed by atoms with Gasteiger partial charge in [0.15, 0.2) is 0 Å². The van der Waals surface area contributed by atoms with Gasteiger partial charge in [0, 0.05) is 22.6 Å². The Kier molecular flexibility index (Phi) is 6.05. The van der Waals surface area contributed by atoms with E-state index in [2.05, 4.69) is 10.3 Å². The Morgan fingerprint density at radius 1 is 1.32 bits per heavy atom. The van der Waals surface area contributed by atoms with Crippen LogP contribution in [0.25, 0.3) is 0 Å². The minimum atomic E-state index is -0.712. The fourth-order valence-electron chi connectivity index (χ4n) is 2.80. The summed E-state index contributed by atoms with van der Waals surface area (Å²) in [5.74, 6) is -1.31. The highest BCUT2D eigenvalue weighted by Gasteiger charge is 2.29. The van der Waals surface area contributed by atoms with Crippen molar-refractivity contribution in [3.63, 3.8) is 0 Å². The molecule has 9 heteroatoms. The lowest BCUT2D eigenvalue weighted by molar-refractivity contribution is -0.124. The van der Waals surface area contributed by atoms with E-state index in [1.807, 2.05) is 0 Å². The molecule has 0 spiro atoms. The van der Waals surface area contributed by atoms with Crippen LogP contribution in [-0.2, 0) is 9.59 Å². The lowest BCUT2D eigenvalue weighted by Gasteiger charge is -2.18. The van der Waals surface area contributed by atoms with Crippen LogP contribution in [0.5, 0.6) is 5.88 Å². The van der Waals surface area contributed by atoms with Gasteiger partial charge in [0.1, 0.15) is 18.3 Å². The molecule has 3 N–H and O–H groups in total. The summed E-state index contributed by atoms with van der Waals surface area (Å²) in [6.07, 6.45) is 0.819. The van der Waals surface area contributed by atoms with E-state index in [0.717, 1.165) is 12.8 Å². The third-order valence-electron chi connectivity index (χ3n) is 4.26. The SMILES string of the molecule is C[C@H](Oc1ccc(NC(=O)CC(N)=O)c(C2CC2)n1)c1c(Cl)ccc(F)c1Cl. The molecule has 0 radical (unpaired) electrons. The monoisotopic (exact) mass is 425 g/mol. The molecule has 1 aliphatic rings. The number of hydrogen-bond acceptors (Lipinski definition) is 4. The normalized spacial score (nSPS) is 14.4. The highest BCUT2D eigenvalue weighted by Crippen LogP contribution is 2.43. The summed E-state index contributed by atoms with van der Waals surface area (Å²) < 4.78 is 19.6. The van der Waals surface area contributed by atoms with Gasteiger partial charge in [0.25, 0.3) is 0 Å². The molecule has 1 aromatic heterocycles. The van der Waals surface area contributed by atoms with Crippen LogP contribution in [0.15, 0.2) is 24.3 Å². The van der Waals surface area contributed by atoms with E-state index in [1.54, 1.807) is 19.1 Å². The molecule has 1 fully saturated rings. The van der Waals surface area contributed by atoms with Gasteiger partial charge in [-0.05, 0) is 38.0 Å². The molecule has 1 aromatic carbocycles. The molecule has 148 valence electrons. The first-order chi connectivity index (χ1) is 13.3. The molecule has 1 saturated carbocycles. The summed E-state index contributed by atoms with van der Waals surface area (Å²) in [7, 11) is 0. The number of nitrogens with two attached hydrogens (primary N) is 1. The summed E-state index contributed by atoms with van der Waals surface area (Å²) in [6, 6.07) is 5.83. The average Bonchev–Trinajstić information content (AvgIpc) is 3.44. The third kappa shape index (κ3) is 4.72. The van der Waals surface area contributed by atoms with Gasteiger partial charge in [-0.3, -0.25) is 9.59 Å². The van der Waals surface area contributed by atoms with E-state index in [1.165, 1.54) is 12.1 Å². The Bertz CT molecular complexity index is 935. The molecule has 0 unspecified atom stereocenters. The van der Waals surface area contributed by atoms with Crippen LogP contribution in [0.2, 0.25) is 10.0 Å². The number of nitrogens with zero attached hydrogens (tertiary/aromatic N) is 1. The quantitative estimate of drug-likeness (QED) is 0.508. The molecule has 0 bridgehead atoms. The second kappa shape index (κ2) is 8.32. The van der Waals surface area contributed by atoms with Crippen LogP contribution >= 0.6 is 23.2 Å². The van der Waals surface area contributed by atoms with Gasteiger partial charge in [-0.1, -0.05) is 23.2 Å². The Labute approximate surface area is 171 Å². The first-order valence-electron chi connectivity index (χ1n) is 8.65. The largest absolute Gasteiger partial charge is 0.470 e. The Morgan fingerprint density at radius 2 is 2.04 bits per heavy atom. The predicted molar refractivity (Wildman–Crippen MR) is 104 cm³/mol. The average molecular weight is 426 g/mol. The Hall–Kier alpha value is -2.38. The van der Waals surface area contributed by atoms with Gasteiger partial charge in [-0.15, -0.1) is 0 Å². The number of primary amides is 1. The van der Waals surface area contributed by atoms with Gasteiger partial charge >= 0.3 is 0 Å². The first kappa shape index (κ1) is 20.4. The third-order valence-corrected chi connectivity index (χ3v) is 4.97. The first-order valence-corrected chi connectivity index (χ1v) is 9.41. The molecule has 1 aliphatic carbocycles. The Morgan fingerprint density at radius 3 is 2.68 bits per heavy atom. The van der Waals surface area contributed by atoms with Crippen LogP contribution in [0.1, 0.15) is 49.5 Å². The second-order valence-electron chi connectivity index (χ2n) is 6.56. The van der Waals surface area contributed by atoms with Gasteiger partial charge in [0.2, 0.25) is 17.7 Å². The molecule has 1 atom stereocenters. The molecule has 0 saturated heterocycles.